The highest BCUT2D eigenvalue weighted by molar-refractivity contribution is 7.13. The van der Waals surface area contributed by atoms with Crippen molar-refractivity contribution in [1.82, 2.24) is 4.98 Å². The lowest BCUT2D eigenvalue weighted by Crippen LogP contribution is -2.08. The molecule has 0 aliphatic heterocycles. The van der Waals surface area contributed by atoms with Gasteiger partial charge in [0.2, 0.25) is 0 Å². The van der Waals surface area contributed by atoms with Gasteiger partial charge in [0.1, 0.15) is 5.69 Å². The summed E-state index contributed by atoms with van der Waals surface area (Å²) >= 11 is 1.37. The summed E-state index contributed by atoms with van der Waals surface area (Å²) in [6, 6.07) is 7.82. The number of halogens is 3. The number of pyridine rings is 1. The Bertz CT molecular complexity index is 860. The van der Waals surface area contributed by atoms with Crippen LogP contribution in [0.3, 0.4) is 0 Å². The number of thiophene rings is 1. The van der Waals surface area contributed by atoms with E-state index in [1.54, 1.807) is 18.2 Å². The third-order valence-electron chi connectivity index (χ3n) is 3.47. The van der Waals surface area contributed by atoms with Crippen LogP contribution < -0.4 is 9.47 Å². The topological polar surface area (TPSA) is 31.4 Å². The third-order valence-corrected chi connectivity index (χ3v) is 4.37. The molecule has 0 amide bonds. The molecule has 0 N–H and O–H groups in total. The Morgan fingerprint density at radius 3 is 2.54 bits per heavy atom. The molecular weight excluding hydrogens is 339 g/mol. The van der Waals surface area contributed by atoms with Crippen LogP contribution in [-0.2, 0) is 6.18 Å². The van der Waals surface area contributed by atoms with Gasteiger partial charge >= 0.3 is 6.18 Å². The first-order valence-electron chi connectivity index (χ1n) is 7.20. The molecule has 24 heavy (non-hydrogen) atoms. The molecule has 2 aromatic heterocycles. The molecule has 0 radical (unpaired) electrons. The highest BCUT2D eigenvalue weighted by Gasteiger charge is 2.33. The van der Waals surface area contributed by atoms with Crippen LogP contribution in [-0.4, -0.2) is 18.7 Å². The number of rotatable bonds is 4. The zero-order valence-electron chi connectivity index (χ0n) is 13.0. The first-order chi connectivity index (χ1) is 11.4. The van der Waals surface area contributed by atoms with Crippen molar-refractivity contribution in [3.05, 3.63) is 41.4 Å². The van der Waals surface area contributed by atoms with Gasteiger partial charge in [0.25, 0.3) is 0 Å². The number of benzene rings is 1. The predicted molar refractivity (Wildman–Crippen MR) is 87.8 cm³/mol. The molecule has 0 aliphatic rings. The fraction of sp³-hybridized carbons (Fsp3) is 0.235. The first kappa shape index (κ1) is 16.6. The minimum Gasteiger partial charge on any atom is -0.493 e. The lowest BCUT2D eigenvalue weighted by atomic mass is 10.0. The summed E-state index contributed by atoms with van der Waals surface area (Å²) in [7, 11) is 1.44. The minimum absolute atomic E-state index is 0.216. The predicted octanol–water partition coefficient (Wildman–Crippen LogP) is 5.39. The van der Waals surface area contributed by atoms with Gasteiger partial charge < -0.3 is 9.47 Å². The van der Waals surface area contributed by atoms with Crippen molar-refractivity contribution in [2.45, 2.75) is 13.1 Å². The smallest absolute Gasteiger partial charge is 0.433 e. The number of fused-ring (bicyclic) bond motifs is 1. The monoisotopic (exact) mass is 353 g/mol. The molecule has 7 heteroatoms. The van der Waals surface area contributed by atoms with E-state index in [9.17, 15) is 13.2 Å². The van der Waals surface area contributed by atoms with Crippen molar-refractivity contribution in [2.24, 2.45) is 0 Å². The zero-order valence-corrected chi connectivity index (χ0v) is 13.8. The molecule has 0 saturated heterocycles. The second-order valence-corrected chi connectivity index (χ2v) is 5.93. The van der Waals surface area contributed by atoms with Crippen molar-refractivity contribution in [2.75, 3.05) is 13.7 Å². The van der Waals surface area contributed by atoms with Crippen molar-refractivity contribution >= 4 is 22.2 Å². The van der Waals surface area contributed by atoms with Gasteiger partial charge in [0, 0.05) is 21.9 Å². The van der Waals surface area contributed by atoms with E-state index in [1.807, 2.05) is 12.3 Å². The Kier molecular flexibility index (Phi) is 4.36. The van der Waals surface area contributed by atoms with Crippen LogP contribution in [0.25, 0.3) is 21.3 Å². The van der Waals surface area contributed by atoms with Crippen LogP contribution in [0.4, 0.5) is 13.2 Å². The SMILES string of the molecule is CCOc1cc2c(-c3cccs3)cc(C(F)(F)F)nc2cc1OC. The average molecular weight is 353 g/mol. The molecule has 0 aliphatic carbocycles. The van der Waals surface area contributed by atoms with Crippen LogP contribution in [0.15, 0.2) is 35.7 Å². The Balaban J connectivity index is 2.34. The standard InChI is InChI=1S/C17H14F3NO2S/c1-3-23-14-7-10-11(15-5-4-6-24-15)8-16(17(18,19)20)21-12(10)9-13(14)22-2/h4-9H,3H2,1-2H3. The van der Waals surface area contributed by atoms with E-state index in [0.29, 0.717) is 29.1 Å². The Hall–Kier alpha value is -2.28. The van der Waals surface area contributed by atoms with E-state index in [4.69, 9.17) is 9.47 Å². The van der Waals surface area contributed by atoms with Gasteiger partial charge in [-0.25, -0.2) is 4.98 Å². The molecule has 0 fully saturated rings. The first-order valence-corrected chi connectivity index (χ1v) is 8.08. The maximum Gasteiger partial charge on any atom is 0.433 e. The van der Waals surface area contributed by atoms with Crippen molar-refractivity contribution in [3.8, 4) is 21.9 Å². The van der Waals surface area contributed by atoms with Gasteiger partial charge in [-0.15, -0.1) is 11.3 Å². The molecule has 0 unspecified atom stereocenters. The molecule has 0 saturated carbocycles. The molecule has 0 spiro atoms. The lowest BCUT2D eigenvalue weighted by molar-refractivity contribution is -0.140. The van der Waals surface area contributed by atoms with E-state index in [1.165, 1.54) is 24.5 Å². The normalized spacial score (nSPS) is 11.7. The highest BCUT2D eigenvalue weighted by Crippen LogP contribution is 2.40. The second kappa shape index (κ2) is 6.32. The van der Waals surface area contributed by atoms with Crippen molar-refractivity contribution in [1.29, 1.82) is 0 Å². The molecule has 1 aromatic carbocycles. The van der Waals surface area contributed by atoms with Crippen LogP contribution in [0.5, 0.6) is 11.5 Å². The molecule has 3 rings (SSSR count). The molecule has 0 atom stereocenters. The number of aromatic nitrogens is 1. The quantitative estimate of drug-likeness (QED) is 0.630. The number of hydrogen-bond acceptors (Lipinski definition) is 4. The molecule has 3 aromatic rings. The van der Waals surface area contributed by atoms with E-state index >= 15 is 0 Å². The number of hydrogen-bond donors (Lipinski definition) is 0. The lowest BCUT2D eigenvalue weighted by Gasteiger charge is -2.14. The summed E-state index contributed by atoms with van der Waals surface area (Å²) in [6.45, 7) is 2.25. The molecule has 0 bridgehead atoms. The largest absolute Gasteiger partial charge is 0.493 e. The molecule has 126 valence electrons. The van der Waals surface area contributed by atoms with Gasteiger partial charge in [-0.05, 0) is 30.5 Å². The van der Waals surface area contributed by atoms with Crippen molar-refractivity contribution < 1.29 is 22.6 Å². The maximum absolute atomic E-state index is 13.2. The summed E-state index contributed by atoms with van der Waals surface area (Å²) in [6.07, 6.45) is -4.52. The Morgan fingerprint density at radius 1 is 1.17 bits per heavy atom. The fourth-order valence-electron chi connectivity index (χ4n) is 2.44. The summed E-state index contributed by atoms with van der Waals surface area (Å²) in [5.74, 6) is 0.833. The Morgan fingerprint density at radius 2 is 1.96 bits per heavy atom. The maximum atomic E-state index is 13.2. The van der Waals surface area contributed by atoms with E-state index < -0.39 is 11.9 Å². The average Bonchev–Trinajstić information content (AvgIpc) is 3.07. The highest BCUT2D eigenvalue weighted by atomic mass is 32.1. The summed E-state index contributed by atoms with van der Waals surface area (Å²) < 4.78 is 50.4. The number of ether oxygens (including phenoxy) is 2. The second-order valence-electron chi connectivity index (χ2n) is 4.98. The van der Waals surface area contributed by atoms with Crippen molar-refractivity contribution in [3.63, 3.8) is 0 Å². The van der Waals surface area contributed by atoms with Gasteiger partial charge in [-0.1, -0.05) is 6.07 Å². The van der Waals surface area contributed by atoms with Crippen LogP contribution in [0, 0.1) is 0 Å². The number of methoxy groups -OCH3 is 1. The number of nitrogens with zero attached hydrogens (tertiary/aromatic N) is 1. The van der Waals surface area contributed by atoms with Gasteiger partial charge in [0.15, 0.2) is 11.5 Å². The Labute approximate surface area is 140 Å². The minimum atomic E-state index is -4.52. The summed E-state index contributed by atoms with van der Waals surface area (Å²) in [4.78, 5) is 4.51. The molecule has 3 nitrogen and oxygen atoms in total. The van der Waals surface area contributed by atoms with E-state index in [0.717, 1.165) is 10.9 Å². The van der Waals surface area contributed by atoms with Crippen LogP contribution >= 0.6 is 11.3 Å². The van der Waals surface area contributed by atoms with Gasteiger partial charge in [0.05, 0.1) is 19.2 Å². The summed E-state index contributed by atoms with van der Waals surface area (Å²) in [5, 5.41) is 2.41. The van der Waals surface area contributed by atoms with E-state index in [-0.39, 0.29) is 5.52 Å². The van der Waals surface area contributed by atoms with Crippen LogP contribution in [0.1, 0.15) is 12.6 Å². The van der Waals surface area contributed by atoms with Gasteiger partial charge in [-0.2, -0.15) is 13.2 Å². The molecular formula is C17H14F3NO2S. The van der Waals surface area contributed by atoms with Gasteiger partial charge in [-0.3, -0.25) is 0 Å². The third kappa shape index (κ3) is 3.03. The zero-order chi connectivity index (χ0) is 17.3. The fourth-order valence-corrected chi connectivity index (χ4v) is 3.20. The molecule has 2 heterocycles. The van der Waals surface area contributed by atoms with Crippen LogP contribution in [0.2, 0.25) is 0 Å². The van der Waals surface area contributed by atoms with E-state index in [2.05, 4.69) is 4.98 Å². The summed E-state index contributed by atoms with van der Waals surface area (Å²) in [5.41, 5.74) is -0.232. The number of alkyl halides is 3.